The molecule has 100 valence electrons. The molecule has 0 spiro atoms. The monoisotopic (exact) mass is 316 g/mol. The van der Waals surface area contributed by atoms with Gasteiger partial charge in [-0.2, -0.15) is 0 Å². The number of rotatable bonds is 4. The van der Waals surface area contributed by atoms with E-state index in [1.807, 2.05) is 6.92 Å². The molecule has 2 aromatic rings. The van der Waals surface area contributed by atoms with Crippen LogP contribution in [0.4, 0.5) is 0 Å². The Bertz CT molecular complexity index is 628. The zero-order chi connectivity index (χ0) is 14.0. The Morgan fingerprint density at radius 3 is 2.89 bits per heavy atom. The van der Waals surface area contributed by atoms with E-state index in [0.29, 0.717) is 20.9 Å². The average molecular weight is 317 g/mol. The third kappa shape index (κ3) is 3.43. The lowest BCUT2D eigenvalue weighted by molar-refractivity contribution is -0.133. The van der Waals surface area contributed by atoms with Crippen LogP contribution < -0.4 is 0 Å². The van der Waals surface area contributed by atoms with Crippen molar-refractivity contribution >= 4 is 40.9 Å². The molecule has 1 heterocycles. The number of imidazole rings is 1. The van der Waals surface area contributed by atoms with Crippen molar-refractivity contribution in [3.05, 3.63) is 40.1 Å². The van der Waals surface area contributed by atoms with Crippen molar-refractivity contribution in [1.82, 2.24) is 9.55 Å². The smallest absolute Gasteiger partial charge is 0.313 e. The van der Waals surface area contributed by atoms with Gasteiger partial charge in [-0.1, -0.05) is 35.0 Å². The number of hydrogen-bond acceptors (Lipinski definition) is 3. The maximum atomic E-state index is 10.6. The number of halogens is 2. The summed E-state index contributed by atoms with van der Waals surface area (Å²) in [5.74, 6) is -0.955. The summed E-state index contributed by atoms with van der Waals surface area (Å²) >= 11 is 13.2. The molecule has 0 aliphatic carbocycles. The fraction of sp³-hybridized carbons (Fsp3) is 0.167. The molecule has 0 aliphatic rings. The lowest BCUT2D eigenvalue weighted by Gasteiger charge is -2.09. The molecule has 4 nitrogen and oxygen atoms in total. The molecular weight excluding hydrogens is 307 g/mol. The van der Waals surface area contributed by atoms with Crippen LogP contribution in [0.1, 0.15) is 5.69 Å². The molecule has 1 N–H and O–H groups in total. The Hall–Kier alpha value is -1.17. The number of carboxylic acids is 1. The quantitative estimate of drug-likeness (QED) is 0.874. The topological polar surface area (TPSA) is 55.1 Å². The number of aliphatic carboxylic acids is 1. The molecule has 0 radical (unpaired) electrons. The van der Waals surface area contributed by atoms with Crippen LogP contribution in [0, 0.1) is 6.92 Å². The molecule has 1 aromatic heterocycles. The minimum Gasteiger partial charge on any atom is -0.481 e. The van der Waals surface area contributed by atoms with Gasteiger partial charge in [-0.15, -0.1) is 0 Å². The van der Waals surface area contributed by atoms with Crippen molar-refractivity contribution in [2.75, 3.05) is 5.75 Å². The highest BCUT2D eigenvalue weighted by Gasteiger charge is 2.13. The Morgan fingerprint density at radius 2 is 2.21 bits per heavy atom. The Kier molecular flexibility index (Phi) is 4.39. The second kappa shape index (κ2) is 5.86. The van der Waals surface area contributed by atoms with Gasteiger partial charge in [0.1, 0.15) is 0 Å². The average Bonchev–Trinajstić information content (AvgIpc) is 2.71. The van der Waals surface area contributed by atoms with Gasteiger partial charge in [0, 0.05) is 11.2 Å². The van der Waals surface area contributed by atoms with Gasteiger partial charge < -0.3 is 5.11 Å². The van der Waals surface area contributed by atoms with Crippen LogP contribution in [0.2, 0.25) is 10.0 Å². The molecule has 0 saturated carbocycles. The summed E-state index contributed by atoms with van der Waals surface area (Å²) in [6, 6.07) is 5.11. The highest BCUT2D eigenvalue weighted by Crippen LogP contribution is 2.29. The third-order valence-electron chi connectivity index (χ3n) is 2.29. The van der Waals surface area contributed by atoms with Crippen molar-refractivity contribution in [2.24, 2.45) is 0 Å². The largest absolute Gasteiger partial charge is 0.481 e. The number of aromatic nitrogens is 2. The first-order chi connectivity index (χ1) is 8.97. The predicted octanol–water partition coefficient (Wildman–Crippen LogP) is 3.66. The number of aryl methyl sites for hydroxylation is 1. The standard InChI is InChI=1S/C12H10Cl2N2O2S/c1-7-5-16(12(15-7)19-6-11(17)18)10-4-8(13)2-3-9(10)14/h2-5H,6H2,1H3,(H,17,18). The van der Waals surface area contributed by atoms with E-state index < -0.39 is 5.97 Å². The van der Waals surface area contributed by atoms with Gasteiger partial charge in [0.25, 0.3) is 0 Å². The number of hydrogen-bond donors (Lipinski definition) is 1. The Balaban J connectivity index is 2.43. The van der Waals surface area contributed by atoms with Crippen molar-refractivity contribution in [1.29, 1.82) is 0 Å². The minimum atomic E-state index is -0.894. The van der Waals surface area contributed by atoms with E-state index in [1.165, 1.54) is 0 Å². The predicted molar refractivity (Wildman–Crippen MR) is 76.7 cm³/mol. The number of carbonyl (C=O) groups is 1. The summed E-state index contributed by atoms with van der Waals surface area (Å²) in [5, 5.41) is 10.4. The van der Waals surface area contributed by atoms with Gasteiger partial charge in [0.2, 0.25) is 0 Å². The maximum Gasteiger partial charge on any atom is 0.313 e. The van der Waals surface area contributed by atoms with Gasteiger partial charge in [-0.05, 0) is 25.1 Å². The zero-order valence-electron chi connectivity index (χ0n) is 9.93. The fourth-order valence-electron chi connectivity index (χ4n) is 1.55. The molecule has 0 bridgehead atoms. The number of carboxylic acid groups (broad SMARTS) is 1. The van der Waals surface area contributed by atoms with Crippen molar-refractivity contribution in [3.8, 4) is 5.69 Å². The molecule has 2 rings (SSSR count). The second-order valence-electron chi connectivity index (χ2n) is 3.81. The molecule has 0 aliphatic heterocycles. The van der Waals surface area contributed by atoms with E-state index in [9.17, 15) is 4.79 Å². The first kappa shape index (κ1) is 14.2. The van der Waals surface area contributed by atoms with Crippen LogP contribution in [0.3, 0.4) is 0 Å². The number of thioether (sulfide) groups is 1. The number of nitrogens with zero attached hydrogens (tertiary/aromatic N) is 2. The van der Waals surface area contributed by atoms with E-state index in [0.717, 1.165) is 17.5 Å². The fourth-order valence-corrected chi connectivity index (χ4v) is 2.67. The number of benzene rings is 1. The SMILES string of the molecule is Cc1cn(-c2cc(Cl)ccc2Cl)c(SCC(=O)O)n1. The lowest BCUT2D eigenvalue weighted by atomic mass is 10.3. The van der Waals surface area contributed by atoms with Crippen molar-refractivity contribution in [3.63, 3.8) is 0 Å². The molecule has 1 aromatic carbocycles. The Labute approximate surface area is 124 Å². The first-order valence-electron chi connectivity index (χ1n) is 5.33. The summed E-state index contributed by atoms with van der Waals surface area (Å²) in [6.45, 7) is 1.83. The van der Waals surface area contributed by atoms with Crippen LogP contribution >= 0.6 is 35.0 Å². The minimum absolute atomic E-state index is 0.0609. The third-order valence-corrected chi connectivity index (χ3v) is 3.78. The summed E-state index contributed by atoms with van der Waals surface area (Å²) in [5.41, 5.74) is 1.46. The van der Waals surface area contributed by atoms with Gasteiger partial charge in [-0.3, -0.25) is 9.36 Å². The van der Waals surface area contributed by atoms with E-state index >= 15 is 0 Å². The van der Waals surface area contributed by atoms with Crippen molar-refractivity contribution < 1.29 is 9.90 Å². The molecule has 7 heteroatoms. The molecule has 0 unspecified atom stereocenters. The van der Waals surface area contributed by atoms with E-state index in [2.05, 4.69) is 4.98 Å². The Morgan fingerprint density at radius 1 is 1.47 bits per heavy atom. The van der Waals surface area contributed by atoms with Crippen LogP contribution in [-0.4, -0.2) is 26.4 Å². The normalized spacial score (nSPS) is 10.7. The van der Waals surface area contributed by atoms with Crippen LogP contribution in [-0.2, 0) is 4.79 Å². The van der Waals surface area contributed by atoms with Crippen LogP contribution in [0.5, 0.6) is 0 Å². The van der Waals surface area contributed by atoms with E-state index in [1.54, 1.807) is 29.0 Å². The van der Waals surface area contributed by atoms with Gasteiger partial charge in [0.05, 0.1) is 22.2 Å². The van der Waals surface area contributed by atoms with Crippen LogP contribution in [0.25, 0.3) is 5.69 Å². The van der Waals surface area contributed by atoms with E-state index in [-0.39, 0.29) is 5.75 Å². The molecule has 0 fully saturated rings. The van der Waals surface area contributed by atoms with Gasteiger partial charge in [-0.25, -0.2) is 4.98 Å². The van der Waals surface area contributed by atoms with Crippen molar-refractivity contribution in [2.45, 2.75) is 12.1 Å². The summed E-state index contributed by atoms with van der Waals surface area (Å²) in [7, 11) is 0. The second-order valence-corrected chi connectivity index (χ2v) is 5.60. The highest BCUT2D eigenvalue weighted by molar-refractivity contribution is 7.99. The maximum absolute atomic E-state index is 10.6. The summed E-state index contributed by atoms with van der Waals surface area (Å²) < 4.78 is 1.75. The zero-order valence-corrected chi connectivity index (χ0v) is 12.3. The van der Waals surface area contributed by atoms with Gasteiger partial charge >= 0.3 is 5.97 Å². The summed E-state index contributed by atoms with van der Waals surface area (Å²) in [6.07, 6.45) is 1.79. The lowest BCUT2D eigenvalue weighted by Crippen LogP contribution is -2.01. The summed E-state index contributed by atoms with van der Waals surface area (Å²) in [4.78, 5) is 14.9. The molecule has 0 amide bonds. The highest BCUT2D eigenvalue weighted by atomic mass is 35.5. The van der Waals surface area contributed by atoms with Crippen LogP contribution in [0.15, 0.2) is 29.6 Å². The molecular formula is C12H10Cl2N2O2S. The molecule has 19 heavy (non-hydrogen) atoms. The van der Waals surface area contributed by atoms with Gasteiger partial charge in [0.15, 0.2) is 5.16 Å². The molecule has 0 atom stereocenters. The van der Waals surface area contributed by atoms with E-state index in [4.69, 9.17) is 28.3 Å². The molecule has 0 saturated heterocycles. The first-order valence-corrected chi connectivity index (χ1v) is 7.07.